The molecule has 0 saturated heterocycles. The first-order valence-electron chi connectivity index (χ1n) is 5.50. The molecule has 1 nitrogen and oxygen atoms in total. The molecule has 0 heterocycles. The molecule has 1 atom stereocenters. The molecule has 1 unspecified atom stereocenters. The topological polar surface area (TPSA) is 12.0 Å². The van der Waals surface area contributed by atoms with Crippen molar-refractivity contribution in [2.45, 2.75) is 26.3 Å². The molecule has 0 aromatic heterocycles. The summed E-state index contributed by atoms with van der Waals surface area (Å²) in [6, 6.07) is 5.10. The zero-order valence-corrected chi connectivity index (χ0v) is 10.4. The third-order valence-corrected chi connectivity index (χ3v) is 2.54. The Kier molecular flexibility index (Phi) is 5.50. The molecular weight excluding hydrogens is 225 g/mol. The van der Waals surface area contributed by atoms with Gasteiger partial charge in [-0.25, -0.2) is 4.39 Å². The molecule has 1 aromatic carbocycles. The van der Waals surface area contributed by atoms with Gasteiger partial charge in [-0.05, 0) is 37.6 Å². The highest BCUT2D eigenvalue weighted by atomic mass is 35.5. The smallest absolute Gasteiger partial charge is 0.142 e. The third-order valence-electron chi connectivity index (χ3n) is 2.24. The van der Waals surface area contributed by atoms with Gasteiger partial charge in [0.05, 0.1) is 5.02 Å². The van der Waals surface area contributed by atoms with Crippen LogP contribution < -0.4 is 5.32 Å². The van der Waals surface area contributed by atoms with Crippen LogP contribution in [-0.4, -0.2) is 12.6 Å². The standard InChI is InChI=1S/C13H17ClFN/c1-3-8-16-10(2)4-5-11-6-7-12(14)13(15)9-11/h4-7,9-10,16H,3,8H2,1-2H3/b5-4+. The van der Waals surface area contributed by atoms with E-state index in [9.17, 15) is 4.39 Å². The van der Waals surface area contributed by atoms with Crippen molar-refractivity contribution in [3.8, 4) is 0 Å². The highest BCUT2D eigenvalue weighted by Gasteiger charge is 1.99. The lowest BCUT2D eigenvalue weighted by atomic mass is 10.2. The number of hydrogen-bond donors (Lipinski definition) is 1. The highest BCUT2D eigenvalue weighted by Crippen LogP contribution is 2.16. The Bertz CT molecular complexity index is 363. The van der Waals surface area contributed by atoms with E-state index in [1.807, 2.05) is 12.2 Å². The lowest BCUT2D eigenvalue weighted by molar-refractivity contribution is 0.624. The second-order valence-corrected chi connectivity index (χ2v) is 4.18. The molecule has 0 radical (unpaired) electrons. The molecule has 0 aliphatic rings. The molecule has 0 saturated carbocycles. The Morgan fingerprint density at radius 3 is 2.88 bits per heavy atom. The maximum Gasteiger partial charge on any atom is 0.142 e. The lowest BCUT2D eigenvalue weighted by Gasteiger charge is -2.07. The van der Waals surface area contributed by atoms with Crippen molar-refractivity contribution in [2.75, 3.05) is 6.54 Å². The zero-order chi connectivity index (χ0) is 12.0. The van der Waals surface area contributed by atoms with Gasteiger partial charge in [0.15, 0.2) is 0 Å². The summed E-state index contributed by atoms with van der Waals surface area (Å²) in [6.45, 7) is 5.18. The van der Waals surface area contributed by atoms with Crippen LogP contribution in [0.5, 0.6) is 0 Å². The first-order chi connectivity index (χ1) is 7.63. The average Bonchev–Trinajstić information content (AvgIpc) is 2.28. The van der Waals surface area contributed by atoms with Crippen LogP contribution in [-0.2, 0) is 0 Å². The third kappa shape index (κ3) is 4.33. The Hall–Kier alpha value is -0.860. The monoisotopic (exact) mass is 241 g/mol. The van der Waals surface area contributed by atoms with E-state index in [1.54, 1.807) is 12.1 Å². The molecule has 1 N–H and O–H groups in total. The predicted octanol–water partition coefficient (Wildman–Crippen LogP) is 3.88. The molecule has 16 heavy (non-hydrogen) atoms. The maximum atomic E-state index is 13.1. The Morgan fingerprint density at radius 1 is 1.50 bits per heavy atom. The summed E-state index contributed by atoms with van der Waals surface area (Å²) in [5.41, 5.74) is 0.826. The summed E-state index contributed by atoms with van der Waals surface area (Å²) < 4.78 is 13.1. The predicted molar refractivity (Wildman–Crippen MR) is 68.2 cm³/mol. The largest absolute Gasteiger partial charge is 0.311 e. The normalized spacial score (nSPS) is 13.2. The van der Waals surface area contributed by atoms with Gasteiger partial charge in [0, 0.05) is 6.04 Å². The summed E-state index contributed by atoms with van der Waals surface area (Å²) in [6.07, 6.45) is 5.01. The molecule has 0 spiro atoms. The molecule has 0 fully saturated rings. The highest BCUT2D eigenvalue weighted by molar-refractivity contribution is 6.30. The van der Waals surface area contributed by atoms with Gasteiger partial charge in [0.2, 0.25) is 0 Å². The van der Waals surface area contributed by atoms with Gasteiger partial charge in [-0.1, -0.05) is 36.7 Å². The quantitative estimate of drug-likeness (QED) is 0.825. The van der Waals surface area contributed by atoms with Crippen molar-refractivity contribution in [3.63, 3.8) is 0 Å². The summed E-state index contributed by atoms with van der Waals surface area (Å²) in [7, 11) is 0. The summed E-state index contributed by atoms with van der Waals surface area (Å²) in [5, 5.41) is 3.48. The minimum atomic E-state index is -0.377. The summed E-state index contributed by atoms with van der Waals surface area (Å²) >= 11 is 5.60. The number of hydrogen-bond acceptors (Lipinski definition) is 1. The van der Waals surface area contributed by atoms with Crippen LogP contribution in [0.1, 0.15) is 25.8 Å². The molecule has 88 valence electrons. The van der Waals surface area contributed by atoms with Crippen LogP contribution in [0.15, 0.2) is 24.3 Å². The van der Waals surface area contributed by atoms with Gasteiger partial charge in [-0.3, -0.25) is 0 Å². The van der Waals surface area contributed by atoms with Crippen molar-refractivity contribution >= 4 is 17.7 Å². The van der Waals surface area contributed by atoms with Crippen molar-refractivity contribution in [1.82, 2.24) is 5.32 Å². The van der Waals surface area contributed by atoms with Crippen molar-refractivity contribution in [1.29, 1.82) is 0 Å². The van der Waals surface area contributed by atoms with Crippen molar-refractivity contribution in [3.05, 3.63) is 40.7 Å². The summed E-state index contributed by atoms with van der Waals surface area (Å²) in [4.78, 5) is 0. The van der Waals surface area contributed by atoms with E-state index in [2.05, 4.69) is 19.2 Å². The molecular formula is C13H17ClFN. The van der Waals surface area contributed by atoms with E-state index in [0.29, 0.717) is 6.04 Å². The number of nitrogens with one attached hydrogen (secondary N) is 1. The van der Waals surface area contributed by atoms with Gasteiger partial charge >= 0.3 is 0 Å². The van der Waals surface area contributed by atoms with E-state index < -0.39 is 0 Å². The van der Waals surface area contributed by atoms with Crippen LogP contribution in [0, 0.1) is 5.82 Å². The molecule has 1 rings (SSSR count). The van der Waals surface area contributed by atoms with Crippen LogP contribution in [0.25, 0.3) is 6.08 Å². The van der Waals surface area contributed by atoms with E-state index in [1.165, 1.54) is 6.07 Å². The van der Waals surface area contributed by atoms with Gasteiger partial charge in [0.25, 0.3) is 0 Å². The Labute approximate surface area is 101 Å². The molecule has 3 heteroatoms. The van der Waals surface area contributed by atoms with Gasteiger partial charge in [-0.15, -0.1) is 0 Å². The second kappa shape index (κ2) is 6.66. The lowest BCUT2D eigenvalue weighted by Crippen LogP contribution is -2.24. The van der Waals surface area contributed by atoms with Crippen LogP contribution in [0.3, 0.4) is 0 Å². The molecule has 0 aliphatic heterocycles. The van der Waals surface area contributed by atoms with Crippen LogP contribution in [0.2, 0.25) is 5.02 Å². The first-order valence-corrected chi connectivity index (χ1v) is 5.88. The van der Waals surface area contributed by atoms with Crippen LogP contribution >= 0.6 is 11.6 Å². The summed E-state index contributed by atoms with van der Waals surface area (Å²) in [5.74, 6) is -0.377. The minimum Gasteiger partial charge on any atom is -0.311 e. The van der Waals surface area contributed by atoms with Crippen LogP contribution in [0.4, 0.5) is 4.39 Å². The number of halogens is 2. The van der Waals surface area contributed by atoms with E-state index in [-0.39, 0.29) is 10.8 Å². The second-order valence-electron chi connectivity index (χ2n) is 3.78. The van der Waals surface area contributed by atoms with Gasteiger partial charge in [-0.2, -0.15) is 0 Å². The van der Waals surface area contributed by atoms with E-state index in [0.717, 1.165) is 18.5 Å². The molecule has 0 bridgehead atoms. The Balaban J connectivity index is 2.58. The van der Waals surface area contributed by atoms with E-state index >= 15 is 0 Å². The SMILES string of the molecule is CCCNC(C)/C=C/c1ccc(Cl)c(F)c1. The maximum absolute atomic E-state index is 13.1. The average molecular weight is 242 g/mol. The molecule has 0 amide bonds. The van der Waals surface area contributed by atoms with E-state index in [4.69, 9.17) is 11.6 Å². The van der Waals surface area contributed by atoms with Crippen molar-refractivity contribution in [2.24, 2.45) is 0 Å². The molecule has 0 aliphatic carbocycles. The fourth-order valence-corrected chi connectivity index (χ4v) is 1.43. The van der Waals surface area contributed by atoms with Gasteiger partial charge in [0.1, 0.15) is 5.82 Å². The number of rotatable bonds is 5. The van der Waals surface area contributed by atoms with Crippen molar-refractivity contribution < 1.29 is 4.39 Å². The fourth-order valence-electron chi connectivity index (χ4n) is 1.31. The Morgan fingerprint density at radius 2 is 2.25 bits per heavy atom. The fraction of sp³-hybridized carbons (Fsp3) is 0.385. The zero-order valence-electron chi connectivity index (χ0n) is 9.63. The molecule has 1 aromatic rings. The van der Waals surface area contributed by atoms with Gasteiger partial charge < -0.3 is 5.32 Å². The number of benzene rings is 1. The first kappa shape index (κ1) is 13.2. The minimum absolute atomic E-state index is 0.161.